The van der Waals surface area contributed by atoms with Crippen molar-refractivity contribution in [3.05, 3.63) is 94.6 Å². The third-order valence-corrected chi connectivity index (χ3v) is 5.57. The van der Waals surface area contributed by atoms with E-state index >= 15 is 0 Å². The van der Waals surface area contributed by atoms with E-state index in [-0.39, 0.29) is 11.9 Å². The predicted octanol–water partition coefficient (Wildman–Crippen LogP) is 3.86. The summed E-state index contributed by atoms with van der Waals surface area (Å²) in [6.45, 7) is 3.12. The van der Waals surface area contributed by atoms with Gasteiger partial charge in [0.1, 0.15) is 5.82 Å². The lowest BCUT2D eigenvalue weighted by molar-refractivity contribution is 0.0954. The highest BCUT2D eigenvalue weighted by Crippen LogP contribution is 2.21. The summed E-state index contributed by atoms with van der Waals surface area (Å²) >= 11 is 5.92. The Labute approximate surface area is 182 Å². The number of halogens is 1. The van der Waals surface area contributed by atoms with Gasteiger partial charge in [-0.25, -0.2) is 4.98 Å². The number of carbonyl (C=O) groups excluding carboxylic acids is 1. The second-order valence-electron chi connectivity index (χ2n) is 7.40. The molecule has 0 aliphatic carbocycles. The third-order valence-electron chi connectivity index (χ3n) is 5.32. The van der Waals surface area contributed by atoms with Gasteiger partial charge in [-0.15, -0.1) is 0 Å². The molecule has 30 heavy (non-hydrogen) atoms. The highest BCUT2D eigenvalue weighted by Gasteiger charge is 2.22. The van der Waals surface area contributed by atoms with Crippen molar-refractivity contribution < 1.29 is 4.79 Å². The predicted molar refractivity (Wildman–Crippen MR) is 121 cm³/mol. The van der Waals surface area contributed by atoms with Crippen LogP contribution in [0.3, 0.4) is 0 Å². The van der Waals surface area contributed by atoms with Crippen LogP contribution < -0.4 is 15.5 Å². The Morgan fingerprint density at radius 3 is 2.73 bits per heavy atom. The summed E-state index contributed by atoms with van der Waals surface area (Å²) < 4.78 is 0. The van der Waals surface area contributed by atoms with Crippen LogP contribution in [0.25, 0.3) is 0 Å². The van der Waals surface area contributed by atoms with Crippen molar-refractivity contribution >= 4 is 23.3 Å². The summed E-state index contributed by atoms with van der Waals surface area (Å²) in [4.78, 5) is 19.4. The van der Waals surface area contributed by atoms with Gasteiger partial charge in [-0.3, -0.25) is 4.79 Å². The highest BCUT2D eigenvalue weighted by atomic mass is 35.5. The van der Waals surface area contributed by atoms with Gasteiger partial charge >= 0.3 is 0 Å². The SMILES string of the molecule is O=C(NCCc1ccc(Cl)cc1)c1ccnc(N2CCNC(c3ccccc3)C2)c1. The number of carbonyl (C=O) groups is 1. The molecule has 2 heterocycles. The van der Waals surface area contributed by atoms with Crippen LogP contribution in [-0.2, 0) is 6.42 Å². The first-order chi connectivity index (χ1) is 14.7. The Balaban J connectivity index is 1.37. The lowest BCUT2D eigenvalue weighted by Gasteiger charge is -2.34. The number of nitrogens with zero attached hydrogens (tertiary/aromatic N) is 2. The van der Waals surface area contributed by atoms with E-state index in [9.17, 15) is 4.79 Å². The first-order valence-corrected chi connectivity index (χ1v) is 10.6. The first-order valence-electron chi connectivity index (χ1n) is 10.2. The minimum Gasteiger partial charge on any atom is -0.353 e. The number of benzene rings is 2. The molecule has 1 fully saturated rings. The quantitative estimate of drug-likeness (QED) is 0.635. The van der Waals surface area contributed by atoms with Crippen molar-refractivity contribution in [2.24, 2.45) is 0 Å². The average Bonchev–Trinajstić information content (AvgIpc) is 2.81. The Morgan fingerprint density at radius 2 is 1.93 bits per heavy atom. The molecule has 1 unspecified atom stereocenters. The monoisotopic (exact) mass is 420 g/mol. The van der Waals surface area contributed by atoms with Gasteiger partial charge in [0.2, 0.25) is 0 Å². The van der Waals surface area contributed by atoms with Crippen LogP contribution in [0.5, 0.6) is 0 Å². The molecular formula is C24H25ClN4O. The average molecular weight is 421 g/mol. The molecule has 1 aliphatic heterocycles. The standard InChI is InChI=1S/C24H25ClN4O/c25-21-8-6-18(7-9-21)10-12-28-24(30)20-11-13-27-23(16-20)29-15-14-26-22(17-29)19-4-2-1-3-5-19/h1-9,11,13,16,22,26H,10,12,14-15,17H2,(H,28,30). The molecule has 2 aromatic carbocycles. The molecule has 1 saturated heterocycles. The summed E-state index contributed by atoms with van der Waals surface area (Å²) in [5.41, 5.74) is 3.03. The Morgan fingerprint density at radius 1 is 1.13 bits per heavy atom. The van der Waals surface area contributed by atoms with Gasteiger partial charge in [-0.1, -0.05) is 54.1 Å². The Hall–Kier alpha value is -2.89. The number of anilines is 1. The van der Waals surface area contributed by atoms with Crippen molar-refractivity contribution in [3.63, 3.8) is 0 Å². The van der Waals surface area contributed by atoms with E-state index in [2.05, 4.69) is 44.8 Å². The van der Waals surface area contributed by atoms with Gasteiger partial charge < -0.3 is 15.5 Å². The molecular weight excluding hydrogens is 396 g/mol. The number of hydrogen-bond acceptors (Lipinski definition) is 4. The molecule has 3 aromatic rings. The van der Waals surface area contributed by atoms with Crippen molar-refractivity contribution in [2.75, 3.05) is 31.1 Å². The summed E-state index contributed by atoms with van der Waals surface area (Å²) in [5.74, 6) is 0.755. The van der Waals surface area contributed by atoms with Crippen LogP contribution in [0.15, 0.2) is 72.9 Å². The minimum absolute atomic E-state index is 0.0812. The molecule has 0 spiro atoms. The number of pyridine rings is 1. The van der Waals surface area contributed by atoms with Crippen molar-refractivity contribution in [2.45, 2.75) is 12.5 Å². The topological polar surface area (TPSA) is 57.3 Å². The largest absolute Gasteiger partial charge is 0.353 e. The number of rotatable bonds is 6. The normalized spacial score (nSPS) is 16.3. The second-order valence-corrected chi connectivity index (χ2v) is 7.83. The van der Waals surface area contributed by atoms with Crippen molar-refractivity contribution in [1.82, 2.24) is 15.6 Å². The molecule has 0 radical (unpaired) electrons. The number of piperazine rings is 1. The Bertz CT molecular complexity index is 978. The lowest BCUT2D eigenvalue weighted by Crippen LogP contribution is -2.46. The van der Waals surface area contributed by atoms with Crippen molar-refractivity contribution in [3.8, 4) is 0 Å². The van der Waals surface area contributed by atoms with Gasteiger partial charge in [0.15, 0.2) is 0 Å². The first kappa shape index (κ1) is 20.4. The molecule has 0 bridgehead atoms. The summed E-state index contributed by atoms with van der Waals surface area (Å²) in [5, 5.41) is 7.28. The van der Waals surface area contributed by atoms with E-state index in [1.807, 2.05) is 36.4 Å². The van der Waals surface area contributed by atoms with E-state index in [0.717, 1.165) is 42.5 Å². The maximum atomic E-state index is 12.6. The van der Waals surface area contributed by atoms with Crippen LogP contribution >= 0.6 is 11.6 Å². The number of hydrogen-bond donors (Lipinski definition) is 2. The molecule has 0 saturated carbocycles. The summed E-state index contributed by atoms with van der Waals surface area (Å²) in [6, 6.07) is 22.0. The fourth-order valence-electron chi connectivity index (χ4n) is 3.67. The summed E-state index contributed by atoms with van der Waals surface area (Å²) in [6.07, 6.45) is 2.47. The maximum absolute atomic E-state index is 12.6. The molecule has 2 N–H and O–H groups in total. The fraction of sp³-hybridized carbons (Fsp3) is 0.250. The van der Waals surface area contributed by atoms with E-state index in [1.54, 1.807) is 12.3 Å². The zero-order valence-corrected chi connectivity index (χ0v) is 17.5. The molecule has 154 valence electrons. The zero-order chi connectivity index (χ0) is 20.8. The second kappa shape index (κ2) is 9.74. The van der Waals surface area contributed by atoms with Crippen molar-refractivity contribution in [1.29, 1.82) is 0 Å². The number of nitrogens with one attached hydrogen (secondary N) is 2. The van der Waals surface area contributed by atoms with Gasteiger partial charge in [-0.2, -0.15) is 0 Å². The van der Waals surface area contributed by atoms with E-state index in [4.69, 9.17) is 11.6 Å². The van der Waals surface area contributed by atoms with E-state index in [0.29, 0.717) is 12.1 Å². The molecule has 1 aromatic heterocycles. The van der Waals surface area contributed by atoms with Gasteiger partial charge in [0.05, 0.1) is 0 Å². The van der Waals surface area contributed by atoms with Gasteiger partial charge in [0.25, 0.3) is 5.91 Å². The molecule has 5 nitrogen and oxygen atoms in total. The van der Waals surface area contributed by atoms with Crippen LogP contribution in [0.4, 0.5) is 5.82 Å². The van der Waals surface area contributed by atoms with E-state index in [1.165, 1.54) is 5.56 Å². The van der Waals surface area contributed by atoms with Crippen LogP contribution in [0.1, 0.15) is 27.5 Å². The number of aromatic nitrogens is 1. The fourth-order valence-corrected chi connectivity index (χ4v) is 3.80. The minimum atomic E-state index is -0.0812. The van der Waals surface area contributed by atoms with Crippen LogP contribution in [-0.4, -0.2) is 37.1 Å². The third kappa shape index (κ3) is 5.17. The van der Waals surface area contributed by atoms with E-state index < -0.39 is 0 Å². The highest BCUT2D eigenvalue weighted by molar-refractivity contribution is 6.30. The zero-order valence-electron chi connectivity index (χ0n) is 16.7. The smallest absolute Gasteiger partial charge is 0.251 e. The van der Waals surface area contributed by atoms with Gasteiger partial charge in [-0.05, 0) is 41.8 Å². The maximum Gasteiger partial charge on any atom is 0.251 e. The van der Waals surface area contributed by atoms with Gasteiger partial charge in [0, 0.05) is 49.0 Å². The van der Waals surface area contributed by atoms with Crippen LogP contribution in [0, 0.1) is 0 Å². The Kier molecular flexibility index (Phi) is 6.62. The molecule has 6 heteroatoms. The molecule has 1 atom stereocenters. The summed E-state index contributed by atoms with van der Waals surface area (Å²) in [7, 11) is 0. The molecule has 4 rings (SSSR count). The number of amides is 1. The lowest BCUT2D eigenvalue weighted by atomic mass is 10.0. The molecule has 1 amide bonds. The van der Waals surface area contributed by atoms with Crippen LogP contribution in [0.2, 0.25) is 5.02 Å². The molecule has 1 aliphatic rings.